The fourth-order valence-electron chi connectivity index (χ4n) is 1.91. The van der Waals surface area contributed by atoms with Crippen LogP contribution in [0.25, 0.3) is 0 Å². The Morgan fingerprint density at radius 1 is 0.759 bits per heavy atom. The third kappa shape index (κ3) is 6.27. The molecule has 0 aliphatic rings. The molecule has 0 unspecified atom stereocenters. The second-order valence-electron chi connectivity index (χ2n) is 5.65. The van der Waals surface area contributed by atoms with Crippen molar-refractivity contribution in [2.75, 3.05) is 19.0 Å². The standard InChI is InChI=1S/C14H13N3.C6F4I2/c1-17(2)13-7-4-12(5-8-13)6-9-14-15-10-3-11-16-14;7-1-2(8)6(12)4(10)3(9)5(1)11/h3-5,7-8,10-11H,1-2H3;. The van der Waals surface area contributed by atoms with Crippen molar-refractivity contribution >= 4 is 50.9 Å². The van der Waals surface area contributed by atoms with Crippen LogP contribution in [0.5, 0.6) is 0 Å². The average molecular weight is 625 g/mol. The van der Waals surface area contributed by atoms with E-state index in [0.717, 1.165) is 11.3 Å². The molecule has 1 heterocycles. The Morgan fingerprint density at radius 2 is 1.21 bits per heavy atom. The maximum Gasteiger partial charge on any atom is 0.205 e. The van der Waals surface area contributed by atoms with Gasteiger partial charge in [-0.2, -0.15) is 0 Å². The molecule has 3 nitrogen and oxygen atoms in total. The summed E-state index contributed by atoms with van der Waals surface area (Å²) in [6, 6.07) is 9.83. The number of benzene rings is 2. The largest absolute Gasteiger partial charge is 0.378 e. The van der Waals surface area contributed by atoms with Gasteiger partial charge in [-0.25, -0.2) is 27.5 Å². The summed E-state index contributed by atoms with van der Waals surface area (Å²) in [6.45, 7) is 0. The Hall–Kier alpha value is -1.94. The molecule has 150 valence electrons. The molecule has 0 fully saturated rings. The molecule has 29 heavy (non-hydrogen) atoms. The van der Waals surface area contributed by atoms with Crippen LogP contribution in [0.15, 0.2) is 42.7 Å². The first kappa shape index (κ1) is 23.3. The van der Waals surface area contributed by atoms with E-state index in [1.165, 1.54) is 45.2 Å². The maximum atomic E-state index is 12.6. The van der Waals surface area contributed by atoms with Gasteiger partial charge in [0.05, 0.1) is 7.14 Å². The van der Waals surface area contributed by atoms with Gasteiger partial charge >= 0.3 is 0 Å². The fraction of sp³-hybridized carbons (Fsp3) is 0.100. The summed E-state index contributed by atoms with van der Waals surface area (Å²) >= 11 is 2.41. The van der Waals surface area contributed by atoms with E-state index in [4.69, 9.17) is 0 Å². The van der Waals surface area contributed by atoms with Crippen molar-refractivity contribution in [3.8, 4) is 11.8 Å². The summed E-state index contributed by atoms with van der Waals surface area (Å²) in [4.78, 5) is 10.1. The molecular weight excluding hydrogens is 612 g/mol. The maximum absolute atomic E-state index is 12.6. The highest BCUT2D eigenvalue weighted by molar-refractivity contribution is 14.1. The van der Waals surface area contributed by atoms with Crippen molar-refractivity contribution in [3.05, 3.63) is 84.5 Å². The van der Waals surface area contributed by atoms with Gasteiger partial charge in [0.15, 0.2) is 23.3 Å². The number of rotatable bonds is 1. The lowest BCUT2D eigenvalue weighted by atomic mass is 10.2. The lowest BCUT2D eigenvalue weighted by Gasteiger charge is -2.11. The van der Waals surface area contributed by atoms with E-state index in [9.17, 15) is 17.6 Å². The molecule has 0 amide bonds. The van der Waals surface area contributed by atoms with E-state index in [2.05, 4.69) is 26.7 Å². The fourth-order valence-corrected chi connectivity index (χ4v) is 2.86. The molecule has 0 aliphatic carbocycles. The summed E-state index contributed by atoms with van der Waals surface area (Å²) in [6.07, 6.45) is 3.37. The van der Waals surface area contributed by atoms with Crippen LogP contribution >= 0.6 is 45.2 Å². The molecular formula is C20H13F4I2N3. The number of aromatic nitrogens is 2. The Kier molecular flexibility index (Phi) is 8.63. The van der Waals surface area contributed by atoms with Gasteiger partial charge in [0.1, 0.15) is 0 Å². The van der Waals surface area contributed by atoms with Gasteiger partial charge in [-0.05, 0) is 81.4 Å². The third-order valence-electron chi connectivity index (χ3n) is 3.42. The van der Waals surface area contributed by atoms with E-state index < -0.39 is 30.4 Å². The van der Waals surface area contributed by atoms with Crippen molar-refractivity contribution in [1.82, 2.24) is 9.97 Å². The van der Waals surface area contributed by atoms with Crippen LogP contribution in [0.3, 0.4) is 0 Å². The van der Waals surface area contributed by atoms with Gasteiger partial charge in [-0.1, -0.05) is 5.92 Å². The van der Waals surface area contributed by atoms with Crippen molar-refractivity contribution < 1.29 is 17.6 Å². The quantitative estimate of drug-likeness (QED) is 0.120. The molecule has 0 N–H and O–H groups in total. The number of nitrogens with zero attached hydrogens (tertiary/aromatic N) is 3. The first-order valence-electron chi connectivity index (χ1n) is 7.95. The minimum Gasteiger partial charge on any atom is -0.378 e. The molecule has 9 heteroatoms. The summed E-state index contributed by atoms with van der Waals surface area (Å²) in [5, 5.41) is 0. The van der Waals surface area contributed by atoms with Gasteiger partial charge in [0.25, 0.3) is 0 Å². The highest BCUT2D eigenvalue weighted by Crippen LogP contribution is 2.26. The van der Waals surface area contributed by atoms with Crippen molar-refractivity contribution in [2.45, 2.75) is 0 Å². The topological polar surface area (TPSA) is 29.0 Å². The van der Waals surface area contributed by atoms with Crippen LogP contribution < -0.4 is 4.90 Å². The Balaban J connectivity index is 0.000000221. The zero-order chi connectivity index (χ0) is 21.6. The third-order valence-corrected chi connectivity index (χ3v) is 5.32. The van der Waals surface area contributed by atoms with Crippen LogP contribution in [0, 0.1) is 42.3 Å². The van der Waals surface area contributed by atoms with Gasteiger partial charge in [0.2, 0.25) is 5.82 Å². The summed E-state index contributed by atoms with van der Waals surface area (Å²) in [7, 11) is 4.02. The lowest BCUT2D eigenvalue weighted by Crippen LogP contribution is -2.07. The highest BCUT2D eigenvalue weighted by Gasteiger charge is 2.21. The van der Waals surface area contributed by atoms with E-state index in [-0.39, 0.29) is 0 Å². The second kappa shape index (κ2) is 10.7. The van der Waals surface area contributed by atoms with Gasteiger partial charge in [-0.15, -0.1) is 0 Å². The zero-order valence-electron chi connectivity index (χ0n) is 15.2. The molecule has 3 rings (SSSR count). The lowest BCUT2D eigenvalue weighted by molar-refractivity contribution is 0.437. The van der Waals surface area contributed by atoms with Crippen molar-refractivity contribution in [3.63, 3.8) is 0 Å². The Bertz CT molecular complexity index is 942. The molecule has 0 saturated carbocycles. The Morgan fingerprint density at radius 3 is 1.62 bits per heavy atom. The van der Waals surface area contributed by atoms with E-state index in [1.54, 1.807) is 18.5 Å². The SMILES string of the molecule is CN(C)c1ccc(C#Cc2ncccn2)cc1.Fc1c(F)c(I)c(F)c(F)c1I. The number of hydrogen-bond donors (Lipinski definition) is 0. The van der Waals surface area contributed by atoms with Crippen LogP contribution in [0.2, 0.25) is 0 Å². The van der Waals surface area contributed by atoms with Gasteiger partial charge in [-0.3, -0.25) is 0 Å². The smallest absolute Gasteiger partial charge is 0.205 e. The molecule has 0 atom stereocenters. The van der Waals surface area contributed by atoms with Gasteiger partial charge < -0.3 is 4.90 Å². The molecule has 2 aromatic carbocycles. The normalized spacial score (nSPS) is 9.79. The van der Waals surface area contributed by atoms with E-state index in [0.29, 0.717) is 5.82 Å². The molecule has 0 aliphatic heterocycles. The van der Waals surface area contributed by atoms with E-state index >= 15 is 0 Å². The van der Waals surface area contributed by atoms with Crippen LogP contribution in [0.1, 0.15) is 11.4 Å². The minimum absolute atomic E-state index is 0.546. The van der Waals surface area contributed by atoms with Crippen LogP contribution in [-0.4, -0.2) is 24.1 Å². The summed E-state index contributed by atoms with van der Waals surface area (Å²) in [5.74, 6) is 1.11. The predicted octanol–water partition coefficient (Wildman–Crippen LogP) is 5.39. The molecule has 1 aromatic heterocycles. The number of halogens is 6. The number of anilines is 1. The monoisotopic (exact) mass is 625 g/mol. The zero-order valence-corrected chi connectivity index (χ0v) is 19.5. The van der Waals surface area contributed by atoms with Gasteiger partial charge in [0, 0.05) is 37.7 Å². The molecule has 0 saturated heterocycles. The van der Waals surface area contributed by atoms with Crippen molar-refractivity contribution in [2.24, 2.45) is 0 Å². The molecule has 0 radical (unpaired) electrons. The first-order chi connectivity index (χ1) is 13.7. The molecule has 3 aromatic rings. The number of hydrogen-bond acceptors (Lipinski definition) is 3. The van der Waals surface area contributed by atoms with Crippen LogP contribution in [-0.2, 0) is 0 Å². The summed E-state index contributed by atoms with van der Waals surface area (Å²) in [5.41, 5.74) is 2.12. The average Bonchev–Trinajstić information content (AvgIpc) is 2.75. The summed E-state index contributed by atoms with van der Waals surface area (Å²) < 4.78 is 49.2. The van der Waals surface area contributed by atoms with Crippen LogP contribution in [0.4, 0.5) is 23.2 Å². The van der Waals surface area contributed by atoms with Crippen molar-refractivity contribution in [1.29, 1.82) is 0 Å². The Labute approximate surface area is 192 Å². The highest BCUT2D eigenvalue weighted by atomic mass is 127. The molecule has 0 bridgehead atoms. The predicted molar refractivity (Wildman–Crippen MR) is 120 cm³/mol. The van der Waals surface area contributed by atoms with E-state index in [1.807, 2.05) is 38.4 Å². The molecule has 0 spiro atoms. The second-order valence-corrected chi connectivity index (χ2v) is 7.81. The minimum atomic E-state index is -1.35. The first-order valence-corrected chi connectivity index (χ1v) is 10.1.